The van der Waals surface area contributed by atoms with Crippen LogP contribution in [0.5, 0.6) is 0 Å². The lowest BCUT2D eigenvalue weighted by Gasteiger charge is -1.94. The third kappa shape index (κ3) is 1.21. The van der Waals surface area contributed by atoms with Gasteiger partial charge in [0.25, 0.3) is 0 Å². The molecule has 0 spiro atoms. The molecule has 60 valence electrons. The van der Waals surface area contributed by atoms with Crippen molar-refractivity contribution in [2.75, 3.05) is 0 Å². The summed E-state index contributed by atoms with van der Waals surface area (Å²) in [5.41, 5.74) is 2.18. The molecule has 0 aliphatic rings. The molecule has 3 nitrogen and oxygen atoms in total. The summed E-state index contributed by atoms with van der Waals surface area (Å²) in [4.78, 5) is 3.95. The fourth-order valence-corrected chi connectivity index (χ4v) is 1.08. The molecule has 0 aliphatic heterocycles. The molecule has 2 rings (SSSR count). The van der Waals surface area contributed by atoms with Crippen LogP contribution in [-0.4, -0.2) is 10.1 Å². The van der Waals surface area contributed by atoms with Crippen molar-refractivity contribution < 1.29 is 4.52 Å². The molecule has 0 atom stereocenters. The normalized spacial score (nSPS) is 10.1. The summed E-state index contributed by atoms with van der Waals surface area (Å²) in [5, 5.41) is 3.74. The standard InChI is InChI=1S/C9H8N2O/c1-7-3-2-4-8(5-7)9-10-6-12-11-9/h2-6H,1H3. The van der Waals surface area contributed by atoms with Gasteiger partial charge in [-0.05, 0) is 13.0 Å². The van der Waals surface area contributed by atoms with E-state index in [1.165, 1.54) is 12.0 Å². The molecular weight excluding hydrogens is 152 g/mol. The Balaban J connectivity index is 2.48. The SMILES string of the molecule is Cc1cccc(-c2ncon2)c1. The van der Waals surface area contributed by atoms with Gasteiger partial charge in [-0.25, -0.2) is 0 Å². The first-order chi connectivity index (χ1) is 5.86. The number of rotatable bonds is 1. The predicted molar refractivity (Wildman–Crippen MR) is 44.5 cm³/mol. The summed E-state index contributed by atoms with van der Waals surface area (Å²) >= 11 is 0. The van der Waals surface area contributed by atoms with Crippen molar-refractivity contribution in [3.63, 3.8) is 0 Å². The van der Waals surface area contributed by atoms with E-state index in [2.05, 4.69) is 14.7 Å². The lowest BCUT2D eigenvalue weighted by molar-refractivity contribution is 0.419. The largest absolute Gasteiger partial charge is 0.342 e. The molecule has 1 heterocycles. The quantitative estimate of drug-likeness (QED) is 0.640. The molecule has 2 aromatic rings. The number of benzene rings is 1. The van der Waals surface area contributed by atoms with Crippen molar-refractivity contribution in [3.8, 4) is 11.4 Å². The van der Waals surface area contributed by atoms with Crippen LogP contribution in [0.1, 0.15) is 5.56 Å². The molecule has 0 radical (unpaired) electrons. The summed E-state index contributed by atoms with van der Waals surface area (Å²) in [6.45, 7) is 2.03. The Morgan fingerprint density at radius 1 is 1.33 bits per heavy atom. The van der Waals surface area contributed by atoms with E-state index in [1.807, 2.05) is 31.2 Å². The molecule has 0 N–H and O–H groups in total. The van der Waals surface area contributed by atoms with Crippen LogP contribution in [0.3, 0.4) is 0 Å². The Bertz CT molecular complexity index is 368. The van der Waals surface area contributed by atoms with Gasteiger partial charge in [-0.2, -0.15) is 4.98 Å². The van der Waals surface area contributed by atoms with E-state index in [0.29, 0.717) is 5.82 Å². The molecule has 3 heteroatoms. The van der Waals surface area contributed by atoms with Crippen molar-refractivity contribution >= 4 is 0 Å². The minimum Gasteiger partial charge on any atom is -0.342 e. The van der Waals surface area contributed by atoms with Crippen molar-refractivity contribution in [3.05, 3.63) is 36.2 Å². The number of nitrogens with zero attached hydrogens (tertiary/aromatic N) is 2. The van der Waals surface area contributed by atoms with Gasteiger partial charge in [0.1, 0.15) is 0 Å². The topological polar surface area (TPSA) is 38.9 Å². The van der Waals surface area contributed by atoms with Gasteiger partial charge in [0.2, 0.25) is 12.2 Å². The third-order valence-electron chi connectivity index (χ3n) is 1.64. The molecule has 0 fully saturated rings. The van der Waals surface area contributed by atoms with Gasteiger partial charge >= 0.3 is 0 Å². The van der Waals surface area contributed by atoms with Crippen molar-refractivity contribution in [1.29, 1.82) is 0 Å². The molecule has 1 aromatic carbocycles. The number of aryl methyl sites for hydroxylation is 1. The van der Waals surface area contributed by atoms with Crippen molar-refractivity contribution in [2.24, 2.45) is 0 Å². The van der Waals surface area contributed by atoms with Gasteiger partial charge < -0.3 is 4.52 Å². The molecule has 0 amide bonds. The highest BCUT2D eigenvalue weighted by Gasteiger charge is 2.00. The second-order valence-corrected chi connectivity index (χ2v) is 2.62. The molecule has 1 aromatic heterocycles. The van der Waals surface area contributed by atoms with Gasteiger partial charge in [0, 0.05) is 5.56 Å². The van der Waals surface area contributed by atoms with Crippen LogP contribution in [0.25, 0.3) is 11.4 Å². The predicted octanol–water partition coefficient (Wildman–Crippen LogP) is 2.05. The van der Waals surface area contributed by atoms with Gasteiger partial charge in [0.15, 0.2) is 0 Å². The Morgan fingerprint density at radius 3 is 2.92 bits per heavy atom. The highest BCUT2D eigenvalue weighted by Crippen LogP contribution is 2.14. The molecular formula is C9H8N2O. The highest BCUT2D eigenvalue weighted by molar-refractivity contribution is 5.54. The summed E-state index contributed by atoms with van der Waals surface area (Å²) < 4.78 is 4.65. The van der Waals surface area contributed by atoms with Crippen molar-refractivity contribution in [2.45, 2.75) is 6.92 Å². The Morgan fingerprint density at radius 2 is 2.25 bits per heavy atom. The average Bonchev–Trinajstić information content (AvgIpc) is 2.56. The van der Waals surface area contributed by atoms with Crippen LogP contribution in [0.15, 0.2) is 35.2 Å². The zero-order valence-corrected chi connectivity index (χ0v) is 6.69. The van der Waals surface area contributed by atoms with Gasteiger partial charge in [-0.1, -0.05) is 28.9 Å². The van der Waals surface area contributed by atoms with E-state index in [9.17, 15) is 0 Å². The maximum atomic E-state index is 4.65. The maximum Gasteiger partial charge on any atom is 0.214 e. The first-order valence-corrected chi connectivity index (χ1v) is 3.70. The van der Waals surface area contributed by atoms with Crippen molar-refractivity contribution in [1.82, 2.24) is 10.1 Å². The maximum absolute atomic E-state index is 4.65. The van der Waals surface area contributed by atoms with Gasteiger partial charge in [0.05, 0.1) is 0 Å². The lowest BCUT2D eigenvalue weighted by Crippen LogP contribution is -1.80. The molecule has 12 heavy (non-hydrogen) atoms. The lowest BCUT2D eigenvalue weighted by atomic mass is 10.1. The van der Waals surface area contributed by atoms with Crippen LogP contribution in [0.2, 0.25) is 0 Å². The average molecular weight is 160 g/mol. The first kappa shape index (κ1) is 7.03. The monoisotopic (exact) mass is 160 g/mol. The van der Waals surface area contributed by atoms with Crippen LogP contribution < -0.4 is 0 Å². The smallest absolute Gasteiger partial charge is 0.214 e. The summed E-state index contributed by atoms with van der Waals surface area (Å²) in [5.74, 6) is 0.638. The minimum absolute atomic E-state index is 0.638. The number of hydrogen-bond donors (Lipinski definition) is 0. The van der Waals surface area contributed by atoms with Crippen LogP contribution in [0, 0.1) is 6.92 Å². The van der Waals surface area contributed by atoms with E-state index >= 15 is 0 Å². The summed E-state index contributed by atoms with van der Waals surface area (Å²) in [6, 6.07) is 7.98. The zero-order valence-electron chi connectivity index (χ0n) is 6.69. The first-order valence-electron chi connectivity index (χ1n) is 3.70. The molecule has 0 unspecified atom stereocenters. The molecule has 0 aliphatic carbocycles. The Kier molecular flexibility index (Phi) is 1.63. The van der Waals surface area contributed by atoms with E-state index < -0.39 is 0 Å². The second kappa shape index (κ2) is 2.77. The minimum atomic E-state index is 0.638. The summed E-state index contributed by atoms with van der Waals surface area (Å²) in [6.07, 6.45) is 1.33. The summed E-state index contributed by atoms with van der Waals surface area (Å²) in [7, 11) is 0. The fraction of sp³-hybridized carbons (Fsp3) is 0.111. The number of aromatic nitrogens is 2. The molecule has 0 bridgehead atoms. The Labute approximate surface area is 70.0 Å². The van der Waals surface area contributed by atoms with Crippen LogP contribution in [0.4, 0.5) is 0 Å². The van der Waals surface area contributed by atoms with Gasteiger partial charge in [-0.15, -0.1) is 0 Å². The molecule has 0 saturated heterocycles. The van der Waals surface area contributed by atoms with E-state index in [0.717, 1.165) is 5.56 Å². The van der Waals surface area contributed by atoms with E-state index in [1.54, 1.807) is 0 Å². The van der Waals surface area contributed by atoms with Crippen LogP contribution >= 0.6 is 0 Å². The molecule has 0 saturated carbocycles. The van der Waals surface area contributed by atoms with E-state index in [4.69, 9.17) is 0 Å². The highest BCUT2D eigenvalue weighted by atomic mass is 16.5. The van der Waals surface area contributed by atoms with Gasteiger partial charge in [-0.3, -0.25) is 0 Å². The van der Waals surface area contributed by atoms with E-state index in [-0.39, 0.29) is 0 Å². The Hall–Kier alpha value is -1.64. The second-order valence-electron chi connectivity index (χ2n) is 2.62. The fourth-order valence-electron chi connectivity index (χ4n) is 1.08. The number of hydrogen-bond acceptors (Lipinski definition) is 3. The van der Waals surface area contributed by atoms with Crippen LogP contribution in [-0.2, 0) is 0 Å². The zero-order chi connectivity index (χ0) is 8.39. The third-order valence-corrected chi connectivity index (χ3v) is 1.64.